The van der Waals surface area contributed by atoms with Crippen LogP contribution in [-0.4, -0.2) is 19.4 Å². The molecule has 1 N–H and O–H groups in total. The lowest BCUT2D eigenvalue weighted by Gasteiger charge is -2.16. The van der Waals surface area contributed by atoms with Gasteiger partial charge in [0.25, 0.3) is 0 Å². The van der Waals surface area contributed by atoms with Gasteiger partial charge in [0, 0.05) is 5.92 Å². The number of aldehydes is 1. The molecular weight excluding hydrogens is 126 g/mol. The summed E-state index contributed by atoms with van der Waals surface area (Å²) < 4.78 is 0. The molecule has 0 aromatic heterocycles. The molecule has 0 atom stereocenters. The highest BCUT2D eigenvalue weighted by Crippen LogP contribution is 2.06. The van der Waals surface area contributed by atoms with Crippen molar-refractivity contribution in [2.75, 3.05) is 13.1 Å². The highest BCUT2D eigenvalue weighted by atomic mass is 16.1. The van der Waals surface area contributed by atoms with E-state index < -0.39 is 0 Å². The van der Waals surface area contributed by atoms with Gasteiger partial charge in [-0.3, -0.25) is 0 Å². The summed E-state index contributed by atoms with van der Waals surface area (Å²) in [4.78, 5) is 10.1. The molecule has 2 nitrogen and oxygen atoms in total. The van der Waals surface area contributed by atoms with E-state index in [9.17, 15) is 4.79 Å². The number of piperidine rings is 1. The minimum Gasteiger partial charge on any atom is -0.317 e. The van der Waals surface area contributed by atoms with Crippen molar-refractivity contribution < 1.29 is 4.79 Å². The maximum absolute atomic E-state index is 10.1. The molecule has 0 aromatic carbocycles. The van der Waals surface area contributed by atoms with E-state index >= 15 is 0 Å². The monoisotopic (exact) mass is 143 g/mol. The van der Waals surface area contributed by atoms with Gasteiger partial charge in [-0.1, -0.05) is 13.8 Å². The molecule has 10 heavy (non-hydrogen) atoms. The third-order valence-corrected chi connectivity index (χ3v) is 1.58. The summed E-state index contributed by atoms with van der Waals surface area (Å²) in [7, 11) is 0. The van der Waals surface area contributed by atoms with Crippen LogP contribution < -0.4 is 5.32 Å². The second-order valence-electron chi connectivity index (χ2n) is 2.22. The Morgan fingerprint density at radius 3 is 2.10 bits per heavy atom. The van der Waals surface area contributed by atoms with Gasteiger partial charge in [0.2, 0.25) is 0 Å². The van der Waals surface area contributed by atoms with E-state index in [2.05, 4.69) is 5.32 Å². The number of nitrogens with one attached hydrogen (secondary N) is 1. The molecule has 0 spiro atoms. The lowest BCUT2D eigenvalue weighted by Crippen LogP contribution is -2.28. The van der Waals surface area contributed by atoms with E-state index in [4.69, 9.17) is 0 Å². The fourth-order valence-corrected chi connectivity index (χ4v) is 0.980. The summed E-state index contributed by atoms with van der Waals surface area (Å²) in [5.74, 6) is 0.344. The Kier molecular flexibility index (Phi) is 6.50. The van der Waals surface area contributed by atoms with Crippen LogP contribution in [-0.2, 0) is 4.79 Å². The maximum Gasteiger partial charge on any atom is 0.123 e. The molecule has 0 amide bonds. The standard InChI is InChI=1S/C6H11NO.C2H6/c8-5-6-1-3-7-4-2-6;1-2/h5-7H,1-4H2;1-2H3. The summed E-state index contributed by atoms with van der Waals surface area (Å²) in [6.45, 7) is 6.03. The van der Waals surface area contributed by atoms with E-state index in [1.54, 1.807) is 0 Å². The fraction of sp³-hybridized carbons (Fsp3) is 0.875. The first-order chi connectivity index (χ1) is 4.93. The van der Waals surface area contributed by atoms with E-state index in [1.807, 2.05) is 13.8 Å². The van der Waals surface area contributed by atoms with E-state index in [0.29, 0.717) is 5.92 Å². The molecule has 1 heterocycles. The topological polar surface area (TPSA) is 29.1 Å². The molecule has 2 heteroatoms. The van der Waals surface area contributed by atoms with Crippen LogP contribution in [0.1, 0.15) is 26.7 Å². The van der Waals surface area contributed by atoms with Crippen molar-refractivity contribution in [3.63, 3.8) is 0 Å². The van der Waals surface area contributed by atoms with Gasteiger partial charge in [-0.05, 0) is 25.9 Å². The van der Waals surface area contributed by atoms with Gasteiger partial charge in [-0.2, -0.15) is 0 Å². The van der Waals surface area contributed by atoms with Crippen LogP contribution in [0.2, 0.25) is 0 Å². The zero-order chi connectivity index (χ0) is 7.82. The van der Waals surface area contributed by atoms with Crippen LogP contribution in [0.3, 0.4) is 0 Å². The first-order valence-electron chi connectivity index (χ1n) is 4.09. The van der Waals surface area contributed by atoms with Crippen molar-refractivity contribution in [3.8, 4) is 0 Å². The second kappa shape index (κ2) is 6.75. The van der Waals surface area contributed by atoms with Gasteiger partial charge in [0.05, 0.1) is 0 Å². The van der Waals surface area contributed by atoms with Crippen LogP contribution in [0.5, 0.6) is 0 Å². The number of hydrogen-bond acceptors (Lipinski definition) is 2. The maximum atomic E-state index is 10.1. The zero-order valence-corrected chi connectivity index (χ0v) is 6.89. The number of rotatable bonds is 1. The van der Waals surface area contributed by atoms with Crippen LogP contribution in [0.15, 0.2) is 0 Å². The van der Waals surface area contributed by atoms with Crippen LogP contribution in [0, 0.1) is 5.92 Å². The Morgan fingerprint density at radius 2 is 1.80 bits per heavy atom. The van der Waals surface area contributed by atoms with Crippen molar-refractivity contribution >= 4 is 6.29 Å². The first-order valence-corrected chi connectivity index (χ1v) is 4.09. The van der Waals surface area contributed by atoms with E-state index in [-0.39, 0.29) is 0 Å². The van der Waals surface area contributed by atoms with Crippen LogP contribution in [0.25, 0.3) is 0 Å². The Labute approximate surface area is 63.0 Å². The minimum absolute atomic E-state index is 0.344. The van der Waals surface area contributed by atoms with Crippen molar-refractivity contribution in [1.82, 2.24) is 5.32 Å². The molecule has 1 aliphatic heterocycles. The Balaban J connectivity index is 0.000000371. The molecule has 0 saturated carbocycles. The van der Waals surface area contributed by atoms with E-state index in [0.717, 1.165) is 32.2 Å². The van der Waals surface area contributed by atoms with Gasteiger partial charge < -0.3 is 10.1 Å². The Morgan fingerprint density at radius 1 is 1.30 bits per heavy atom. The Hall–Kier alpha value is -0.370. The zero-order valence-electron chi connectivity index (χ0n) is 6.89. The molecular formula is C8H17NO. The quantitative estimate of drug-likeness (QED) is 0.559. The fourth-order valence-electron chi connectivity index (χ4n) is 0.980. The third kappa shape index (κ3) is 3.62. The van der Waals surface area contributed by atoms with Gasteiger partial charge >= 0.3 is 0 Å². The average Bonchev–Trinajstić information content (AvgIpc) is 2.10. The third-order valence-electron chi connectivity index (χ3n) is 1.58. The highest BCUT2D eigenvalue weighted by molar-refractivity contribution is 5.53. The van der Waals surface area contributed by atoms with Crippen molar-refractivity contribution in [2.24, 2.45) is 5.92 Å². The smallest absolute Gasteiger partial charge is 0.123 e. The minimum atomic E-state index is 0.344. The molecule has 0 radical (unpaired) electrons. The van der Waals surface area contributed by atoms with Gasteiger partial charge in [-0.15, -0.1) is 0 Å². The summed E-state index contributed by atoms with van der Waals surface area (Å²) in [6, 6.07) is 0. The van der Waals surface area contributed by atoms with Crippen molar-refractivity contribution in [1.29, 1.82) is 0 Å². The summed E-state index contributed by atoms with van der Waals surface area (Å²) in [6.07, 6.45) is 3.13. The molecule has 1 saturated heterocycles. The lowest BCUT2D eigenvalue weighted by atomic mass is 10.0. The SMILES string of the molecule is CC.O=CC1CCNCC1. The van der Waals surface area contributed by atoms with E-state index in [1.165, 1.54) is 0 Å². The highest BCUT2D eigenvalue weighted by Gasteiger charge is 2.09. The molecule has 60 valence electrons. The van der Waals surface area contributed by atoms with Crippen LogP contribution >= 0.6 is 0 Å². The van der Waals surface area contributed by atoms with Gasteiger partial charge in [0.1, 0.15) is 6.29 Å². The molecule has 0 aromatic rings. The molecule has 0 aliphatic carbocycles. The molecule has 0 bridgehead atoms. The van der Waals surface area contributed by atoms with Crippen LogP contribution in [0.4, 0.5) is 0 Å². The average molecular weight is 143 g/mol. The van der Waals surface area contributed by atoms with Crippen molar-refractivity contribution in [2.45, 2.75) is 26.7 Å². The number of carbonyl (C=O) groups is 1. The summed E-state index contributed by atoms with van der Waals surface area (Å²) in [5.41, 5.74) is 0. The number of carbonyl (C=O) groups excluding carboxylic acids is 1. The predicted octanol–water partition coefficient (Wildman–Crippen LogP) is 1.21. The van der Waals surface area contributed by atoms with Crippen molar-refractivity contribution in [3.05, 3.63) is 0 Å². The normalized spacial score (nSPS) is 19.0. The molecule has 1 fully saturated rings. The molecule has 1 aliphatic rings. The Bertz CT molecular complexity index is 77.3. The molecule has 0 unspecified atom stereocenters. The first kappa shape index (κ1) is 9.63. The van der Waals surface area contributed by atoms with Gasteiger partial charge in [-0.25, -0.2) is 0 Å². The largest absolute Gasteiger partial charge is 0.317 e. The summed E-state index contributed by atoms with van der Waals surface area (Å²) >= 11 is 0. The lowest BCUT2D eigenvalue weighted by molar-refractivity contribution is -0.111. The van der Waals surface area contributed by atoms with Gasteiger partial charge in [0.15, 0.2) is 0 Å². The molecule has 1 rings (SSSR count). The second-order valence-corrected chi connectivity index (χ2v) is 2.22. The number of hydrogen-bond donors (Lipinski definition) is 1. The summed E-state index contributed by atoms with van der Waals surface area (Å²) in [5, 5.41) is 3.19. The predicted molar refractivity (Wildman–Crippen MR) is 43.0 cm³/mol.